The summed E-state index contributed by atoms with van der Waals surface area (Å²) >= 11 is 0. The van der Waals surface area contributed by atoms with Crippen LogP contribution in [0.15, 0.2) is 79.1 Å². The molecule has 0 saturated carbocycles. The molecule has 1 amide bonds. The lowest BCUT2D eigenvalue weighted by Gasteiger charge is -2.18. The molecule has 4 heterocycles. The Morgan fingerprint density at radius 3 is 2.45 bits per heavy atom. The highest BCUT2D eigenvalue weighted by molar-refractivity contribution is 6.15. The number of benzene rings is 3. The minimum Gasteiger partial charge on any atom is -0.359 e. The molecule has 11 heteroatoms. The first kappa shape index (κ1) is 27.4. The molecule has 0 radical (unpaired) electrons. The zero-order chi connectivity index (χ0) is 30.7. The summed E-state index contributed by atoms with van der Waals surface area (Å²) in [6.45, 7) is 4.01. The van der Waals surface area contributed by atoms with E-state index in [2.05, 4.69) is 20.4 Å². The van der Waals surface area contributed by atoms with E-state index < -0.39 is 11.7 Å². The molecule has 2 N–H and O–H groups in total. The van der Waals surface area contributed by atoms with Gasteiger partial charge in [0.1, 0.15) is 0 Å². The van der Waals surface area contributed by atoms with E-state index in [4.69, 9.17) is 4.98 Å². The quantitative estimate of drug-likeness (QED) is 0.215. The van der Waals surface area contributed by atoms with E-state index in [0.717, 1.165) is 28.3 Å². The molecule has 44 heavy (non-hydrogen) atoms. The fourth-order valence-electron chi connectivity index (χ4n) is 5.82. The zero-order valence-corrected chi connectivity index (χ0v) is 24.0. The first-order valence-electron chi connectivity index (χ1n) is 13.9. The molecule has 1 aliphatic rings. The Morgan fingerprint density at radius 1 is 0.932 bits per heavy atom. The van der Waals surface area contributed by atoms with Crippen LogP contribution in [0.25, 0.3) is 33.3 Å². The molecule has 0 unspecified atom stereocenters. The number of para-hydroxylation sites is 1. The summed E-state index contributed by atoms with van der Waals surface area (Å²) in [5, 5.41) is 8.42. The number of nitrogens with one attached hydrogen (secondary N) is 2. The van der Waals surface area contributed by atoms with Crippen molar-refractivity contribution in [2.75, 3.05) is 10.2 Å². The first-order valence-corrected chi connectivity index (χ1v) is 13.9. The summed E-state index contributed by atoms with van der Waals surface area (Å²) in [7, 11) is 1.86. The molecule has 0 atom stereocenters. The van der Waals surface area contributed by atoms with Crippen molar-refractivity contribution in [1.29, 1.82) is 0 Å². The largest absolute Gasteiger partial charge is 0.417 e. The normalized spacial score (nSPS) is 13.1. The van der Waals surface area contributed by atoms with Crippen molar-refractivity contribution in [3.8, 4) is 22.4 Å². The fraction of sp³-hybridized carbons (Fsp3) is 0.152. The molecule has 0 bridgehead atoms. The molecule has 0 saturated heterocycles. The number of aryl methyl sites for hydroxylation is 3. The van der Waals surface area contributed by atoms with Gasteiger partial charge in [0.2, 0.25) is 5.95 Å². The number of nitrogens with zero attached hydrogens (tertiary/aromatic N) is 5. The van der Waals surface area contributed by atoms with Gasteiger partial charge in [-0.3, -0.25) is 9.48 Å². The van der Waals surface area contributed by atoms with E-state index in [1.807, 2.05) is 51.4 Å². The molecule has 1 aliphatic heterocycles. The number of halogens is 3. The lowest BCUT2D eigenvalue weighted by Crippen LogP contribution is -2.23. The van der Waals surface area contributed by atoms with Crippen LogP contribution in [0, 0.1) is 13.8 Å². The molecule has 0 fully saturated rings. The number of fused-ring (bicyclic) bond motifs is 2. The van der Waals surface area contributed by atoms with Crippen molar-refractivity contribution in [1.82, 2.24) is 24.7 Å². The molecule has 3 aromatic heterocycles. The minimum absolute atomic E-state index is 0.0522. The van der Waals surface area contributed by atoms with Gasteiger partial charge in [-0.25, -0.2) is 9.97 Å². The second kappa shape index (κ2) is 10.1. The molecule has 7 rings (SSSR count). The number of H-pyrrole nitrogens is 1. The van der Waals surface area contributed by atoms with Crippen molar-refractivity contribution in [3.63, 3.8) is 0 Å². The highest BCUT2D eigenvalue weighted by Crippen LogP contribution is 2.43. The van der Waals surface area contributed by atoms with Crippen molar-refractivity contribution in [3.05, 3.63) is 107 Å². The Morgan fingerprint density at radius 2 is 1.68 bits per heavy atom. The Balaban J connectivity index is 1.27. The maximum atomic E-state index is 13.9. The summed E-state index contributed by atoms with van der Waals surface area (Å²) in [5.74, 6) is 0.752. The summed E-state index contributed by atoms with van der Waals surface area (Å²) in [6, 6.07) is 17.9. The molecule has 3 aromatic carbocycles. The van der Waals surface area contributed by atoms with Crippen LogP contribution in [0.3, 0.4) is 0 Å². The van der Waals surface area contributed by atoms with E-state index in [1.165, 1.54) is 12.1 Å². The average Bonchev–Trinajstić information content (AvgIpc) is 3.68. The van der Waals surface area contributed by atoms with Crippen LogP contribution in [0.5, 0.6) is 0 Å². The molecular formula is C33H26F3N7O. The first-order chi connectivity index (χ1) is 21.1. The molecule has 8 nitrogen and oxygen atoms in total. The van der Waals surface area contributed by atoms with Crippen LogP contribution in [-0.2, 0) is 19.8 Å². The SMILES string of the molecule is Cc1cnc(Nc2cc(C)n(C)n2)nc1-c1c[nH]c2c(N3Cc4c(cccc4-c4ccccc4C(F)(F)F)C3=O)cccc12. The standard InChI is InChI=1S/C33H26F3N7O/c1-18-15-38-32(39-28-14-19(2)42(3)41-28)40-29(18)24-16-37-30-22(24)10-7-13-27(30)43-17-25-20(9-6-11-23(25)31(43)44)21-8-4-5-12-26(21)33(34,35)36/h4-16,37H,17H2,1-3H3,(H,38,39,40,41). The van der Waals surface area contributed by atoms with E-state index in [9.17, 15) is 18.0 Å². The average molecular weight is 594 g/mol. The molecule has 6 aromatic rings. The third kappa shape index (κ3) is 4.48. The topological polar surface area (TPSA) is 91.7 Å². The number of alkyl halides is 3. The second-order valence-electron chi connectivity index (χ2n) is 10.8. The maximum absolute atomic E-state index is 13.9. The number of carbonyl (C=O) groups is 1. The van der Waals surface area contributed by atoms with Crippen LogP contribution in [0.1, 0.15) is 32.7 Å². The van der Waals surface area contributed by atoms with Crippen LogP contribution < -0.4 is 10.2 Å². The van der Waals surface area contributed by atoms with Gasteiger partial charge in [-0.2, -0.15) is 18.3 Å². The van der Waals surface area contributed by atoms with Gasteiger partial charge < -0.3 is 15.2 Å². The van der Waals surface area contributed by atoms with Gasteiger partial charge in [-0.05, 0) is 54.3 Å². The van der Waals surface area contributed by atoms with Gasteiger partial charge in [0.15, 0.2) is 5.82 Å². The number of hydrogen-bond acceptors (Lipinski definition) is 5. The van der Waals surface area contributed by atoms with E-state index >= 15 is 0 Å². The number of anilines is 3. The number of hydrogen-bond donors (Lipinski definition) is 2. The number of amides is 1. The van der Waals surface area contributed by atoms with Crippen LogP contribution >= 0.6 is 0 Å². The van der Waals surface area contributed by atoms with Gasteiger partial charge in [0.25, 0.3) is 5.91 Å². The summed E-state index contributed by atoms with van der Waals surface area (Å²) in [5.41, 5.74) is 5.38. The Kier molecular flexibility index (Phi) is 6.27. The number of rotatable bonds is 5. The second-order valence-corrected chi connectivity index (χ2v) is 10.8. The Labute approximate surface area is 250 Å². The highest BCUT2D eigenvalue weighted by Gasteiger charge is 2.36. The number of aromatic nitrogens is 5. The lowest BCUT2D eigenvalue weighted by molar-refractivity contribution is -0.137. The summed E-state index contributed by atoms with van der Waals surface area (Å²) in [4.78, 5) is 27.9. The van der Waals surface area contributed by atoms with Crippen molar-refractivity contribution in [2.45, 2.75) is 26.6 Å². The molecule has 220 valence electrons. The van der Waals surface area contributed by atoms with E-state index in [0.29, 0.717) is 45.4 Å². The minimum atomic E-state index is -4.53. The van der Waals surface area contributed by atoms with Crippen molar-refractivity contribution >= 4 is 34.3 Å². The lowest BCUT2D eigenvalue weighted by atomic mass is 9.93. The highest BCUT2D eigenvalue weighted by atomic mass is 19.4. The third-order valence-electron chi connectivity index (χ3n) is 8.06. The van der Waals surface area contributed by atoms with Gasteiger partial charge in [-0.1, -0.05) is 42.5 Å². The summed E-state index contributed by atoms with van der Waals surface area (Å²) < 4.78 is 43.5. The van der Waals surface area contributed by atoms with Gasteiger partial charge in [-0.15, -0.1) is 0 Å². The fourth-order valence-corrected chi connectivity index (χ4v) is 5.82. The number of carbonyl (C=O) groups excluding carboxylic acids is 1. The van der Waals surface area contributed by atoms with Crippen LogP contribution in [0.2, 0.25) is 0 Å². The summed E-state index contributed by atoms with van der Waals surface area (Å²) in [6.07, 6.45) is -0.945. The Bertz CT molecular complexity index is 2070. The maximum Gasteiger partial charge on any atom is 0.417 e. The smallest absolute Gasteiger partial charge is 0.359 e. The molecule has 0 aliphatic carbocycles. The Hall–Kier alpha value is -5.45. The monoisotopic (exact) mass is 593 g/mol. The van der Waals surface area contributed by atoms with E-state index in [-0.39, 0.29) is 18.0 Å². The van der Waals surface area contributed by atoms with Crippen molar-refractivity contribution < 1.29 is 18.0 Å². The predicted molar refractivity (Wildman–Crippen MR) is 163 cm³/mol. The van der Waals surface area contributed by atoms with Crippen molar-refractivity contribution in [2.24, 2.45) is 7.05 Å². The van der Waals surface area contributed by atoms with Crippen LogP contribution in [0.4, 0.5) is 30.6 Å². The number of aromatic amines is 1. The van der Waals surface area contributed by atoms with Gasteiger partial charge in [0, 0.05) is 47.7 Å². The molecular weight excluding hydrogens is 567 g/mol. The van der Waals surface area contributed by atoms with Gasteiger partial charge in [0.05, 0.1) is 29.0 Å². The third-order valence-corrected chi connectivity index (χ3v) is 8.06. The van der Waals surface area contributed by atoms with Gasteiger partial charge >= 0.3 is 6.18 Å². The molecule has 0 spiro atoms. The predicted octanol–water partition coefficient (Wildman–Crippen LogP) is 7.57. The van der Waals surface area contributed by atoms with Crippen LogP contribution in [-0.4, -0.2) is 30.6 Å². The zero-order valence-electron chi connectivity index (χ0n) is 24.0. The van der Waals surface area contributed by atoms with E-state index in [1.54, 1.807) is 40.0 Å².